The van der Waals surface area contributed by atoms with Gasteiger partial charge in [0.05, 0.1) is 0 Å². The number of aryl methyl sites for hydroxylation is 1. The van der Waals surface area contributed by atoms with Crippen molar-refractivity contribution in [2.45, 2.75) is 12.8 Å². The zero-order chi connectivity index (χ0) is 16.6. The lowest BCUT2D eigenvalue weighted by atomic mass is 10.1. The topological polar surface area (TPSA) is 49.8 Å². The maximum atomic E-state index is 4.27. The standard InChI is InChI=1S/C19H19BrN4/c20-16-9-4-10-17(12-16)24-19-13-18(22-14-23-19)21-11-5-8-15-6-2-1-3-7-15/h1-4,6-7,9-10,12-14H,5,8,11H2,(H2,21,22,23,24). The number of anilines is 3. The van der Waals surface area contributed by atoms with E-state index in [4.69, 9.17) is 0 Å². The Kier molecular flexibility index (Phi) is 5.80. The Morgan fingerprint density at radius 1 is 0.875 bits per heavy atom. The molecule has 1 heterocycles. The van der Waals surface area contributed by atoms with Crippen molar-refractivity contribution in [3.05, 3.63) is 77.0 Å². The van der Waals surface area contributed by atoms with Crippen molar-refractivity contribution < 1.29 is 0 Å². The summed E-state index contributed by atoms with van der Waals surface area (Å²) in [4.78, 5) is 8.53. The molecule has 1 aromatic heterocycles. The fourth-order valence-corrected chi connectivity index (χ4v) is 2.79. The largest absolute Gasteiger partial charge is 0.370 e. The summed E-state index contributed by atoms with van der Waals surface area (Å²) in [7, 11) is 0. The van der Waals surface area contributed by atoms with E-state index >= 15 is 0 Å². The highest BCUT2D eigenvalue weighted by atomic mass is 79.9. The number of nitrogens with zero attached hydrogens (tertiary/aromatic N) is 2. The number of benzene rings is 2. The van der Waals surface area contributed by atoms with Gasteiger partial charge >= 0.3 is 0 Å². The van der Waals surface area contributed by atoms with E-state index < -0.39 is 0 Å². The smallest absolute Gasteiger partial charge is 0.135 e. The summed E-state index contributed by atoms with van der Waals surface area (Å²) in [5.74, 6) is 1.60. The molecule has 4 nitrogen and oxygen atoms in total. The molecule has 2 aromatic carbocycles. The van der Waals surface area contributed by atoms with Crippen LogP contribution >= 0.6 is 15.9 Å². The van der Waals surface area contributed by atoms with E-state index in [1.807, 2.05) is 36.4 Å². The first-order chi connectivity index (χ1) is 11.8. The summed E-state index contributed by atoms with van der Waals surface area (Å²) in [6.45, 7) is 0.877. The lowest BCUT2D eigenvalue weighted by molar-refractivity contribution is 0.858. The van der Waals surface area contributed by atoms with E-state index in [9.17, 15) is 0 Å². The summed E-state index contributed by atoms with van der Waals surface area (Å²) in [5.41, 5.74) is 2.34. The molecule has 5 heteroatoms. The van der Waals surface area contributed by atoms with E-state index in [0.29, 0.717) is 0 Å². The normalized spacial score (nSPS) is 10.4. The highest BCUT2D eigenvalue weighted by Crippen LogP contribution is 2.20. The maximum Gasteiger partial charge on any atom is 0.135 e. The van der Waals surface area contributed by atoms with Crippen molar-refractivity contribution in [1.29, 1.82) is 0 Å². The van der Waals surface area contributed by atoms with Crippen LogP contribution in [-0.2, 0) is 6.42 Å². The molecule has 0 saturated carbocycles. The van der Waals surface area contributed by atoms with Gasteiger partial charge < -0.3 is 10.6 Å². The second-order valence-corrected chi connectivity index (χ2v) is 6.36. The van der Waals surface area contributed by atoms with Gasteiger partial charge in [-0.1, -0.05) is 52.3 Å². The van der Waals surface area contributed by atoms with Gasteiger partial charge in [-0.05, 0) is 36.6 Å². The minimum Gasteiger partial charge on any atom is -0.370 e. The van der Waals surface area contributed by atoms with E-state index in [1.54, 1.807) is 6.33 Å². The number of halogens is 1. The molecule has 0 aliphatic heterocycles. The first kappa shape index (κ1) is 16.5. The third-order valence-corrected chi connectivity index (χ3v) is 4.05. The van der Waals surface area contributed by atoms with Crippen molar-refractivity contribution >= 4 is 33.3 Å². The predicted octanol–water partition coefficient (Wildman–Crippen LogP) is 5.03. The van der Waals surface area contributed by atoms with Gasteiger partial charge in [0.15, 0.2) is 0 Å². The van der Waals surface area contributed by atoms with Crippen LogP contribution in [0.25, 0.3) is 0 Å². The zero-order valence-electron chi connectivity index (χ0n) is 13.2. The Balaban J connectivity index is 1.51. The molecule has 0 spiro atoms. The molecule has 3 rings (SSSR count). The average molecular weight is 383 g/mol. The molecule has 3 aromatic rings. The Morgan fingerprint density at radius 3 is 2.54 bits per heavy atom. The zero-order valence-corrected chi connectivity index (χ0v) is 14.8. The van der Waals surface area contributed by atoms with Crippen LogP contribution in [-0.4, -0.2) is 16.5 Å². The number of hydrogen-bond donors (Lipinski definition) is 2. The Labute approximate surface area is 150 Å². The summed E-state index contributed by atoms with van der Waals surface area (Å²) in [6.07, 6.45) is 3.68. The molecule has 0 bridgehead atoms. The van der Waals surface area contributed by atoms with Crippen LogP contribution < -0.4 is 10.6 Å². The van der Waals surface area contributed by atoms with Crippen molar-refractivity contribution in [1.82, 2.24) is 9.97 Å². The van der Waals surface area contributed by atoms with Crippen molar-refractivity contribution in [2.24, 2.45) is 0 Å². The second kappa shape index (κ2) is 8.45. The minimum atomic E-state index is 0.772. The lowest BCUT2D eigenvalue weighted by Gasteiger charge is -2.09. The fourth-order valence-electron chi connectivity index (χ4n) is 2.39. The molecule has 122 valence electrons. The third kappa shape index (κ3) is 5.06. The van der Waals surface area contributed by atoms with Crippen LogP contribution in [0.15, 0.2) is 71.5 Å². The van der Waals surface area contributed by atoms with E-state index in [2.05, 4.69) is 60.8 Å². The quantitative estimate of drug-likeness (QED) is 0.562. The van der Waals surface area contributed by atoms with Crippen molar-refractivity contribution in [2.75, 3.05) is 17.2 Å². The molecule has 0 aliphatic rings. The van der Waals surface area contributed by atoms with Gasteiger partial charge in [0.1, 0.15) is 18.0 Å². The summed E-state index contributed by atoms with van der Waals surface area (Å²) in [6, 6.07) is 20.4. The molecule has 0 saturated heterocycles. The first-order valence-corrected chi connectivity index (χ1v) is 8.71. The summed E-state index contributed by atoms with van der Waals surface area (Å²) in [5, 5.41) is 6.63. The van der Waals surface area contributed by atoms with Gasteiger partial charge in [0.25, 0.3) is 0 Å². The fraction of sp³-hybridized carbons (Fsp3) is 0.158. The average Bonchev–Trinajstić information content (AvgIpc) is 2.60. The monoisotopic (exact) mass is 382 g/mol. The van der Waals surface area contributed by atoms with Crippen LogP contribution in [0.1, 0.15) is 12.0 Å². The Bertz CT molecular complexity index is 777. The van der Waals surface area contributed by atoms with E-state index in [0.717, 1.165) is 41.2 Å². The third-order valence-electron chi connectivity index (χ3n) is 3.56. The van der Waals surface area contributed by atoms with Gasteiger partial charge in [0.2, 0.25) is 0 Å². The molecular weight excluding hydrogens is 364 g/mol. The summed E-state index contributed by atoms with van der Waals surface area (Å²) < 4.78 is 1.03. The molecule has 0 fully saturated rings. The van der Waals surface area contributed by atoms with Gasteiger partial charge in [-0.2, -0.15) is 0 Å². The highest BCUT2D eigenvalue weighted by Gasteiger charge is 2.00. The van der Waals surface area contributed by atoms with Gasteiger partial charge in [-0.3, -0.25) is 0 Å². The van der Waals surface area contributed by atoms with Crippen LogP contribution in [0.4, 0.5) is 17.3 Å². The number of aromatic nitrogens is 2. The van der Waals surface area contributed by atoms with Crippen molar-refractivity contribution in [3.8, 4) is 0 Å². The molecule has 24 heavy (non-hydrogen) atoms. The second-order valence-electron chi connectivity index (χ2n) is 5.44. The van der Waals surface area contributed by atoms with Crippen LogP contribution in [0, 0.1) is 0 Å². The summed E-state index contributed by atoms with van der Waals surface area (Å²) >= 11 is 3.47. The maximum absolute atomic E-state index is 4.27. The minimum absolute atomic E-state index is 0.772. The van der Waals surface area contributed by atoms with Crippen LogP contribution in [0.3, 0.4) is 0 Å². The van der Waals surface area contributed by atoms with E-state index in [1.165, 1.54) is 5.56 Å². The molecule has 0 amide bonds. The van der Waals surface area contributed by atoms with Crippen LogP contribution in [0.5, 0.6) is 0 Å². The number of rotatable bonds is 7. The molecule has 0 atom stereocenters. The molecular formula is C19H19BrN4. The molecule has 2 N–H and O–H groups in total. The molecule has 0 aliphatic carbocycles. The molecule has 0 unspecified atom stereocenters. The van der Waals surface area contributed by atoms with Gasteiger partial charge in [-0.15, -0.1) is 0 Å². The van der Waals surface area contributed by atoms with Gasteiger partial charge in [-0.25, -0.2) is 9.97 Å². The highest BCUT2D eigenvalue weighted by molar-refractivity contribution is 9.10. The lowest BCUT2D eigenvalue weighted by Crippen LogP contribution is -2.05. The van der Waals surface area contributed by atoms with Crippen LogP contribution in [0.2, 0.25) is 0 Å². The van der Waals surface area contributed by atoms with E-state index in [-0.39, 0.29) is 0 Å². The first-order valence-electron chi connectivity index (χ1n) is 7.92. The molecule has 0 radical (unpaired) electrons. The SMILES string of the molecule is Brc1cccc(Nc2cc(NCCCc3ccccc3)ncn2)c1. The van der Waals surface area contributed by atoms with Crippen molar-refractivity contribution in [3.63, 3.8) is 0 Å². The Morgan fingerprint density at radius 2 is 1.71 bits per heavy atom. The predicted molar refractivity (Wildman–Crippen MR) is 103 cm³/mol. The Hall–Kier alpha value is -2.40. The number of hydrogen-bond acceptors (Lipinski definition) is 4. The van der Waals surface area contributed by atoms with Gasteiger partial charge in [0, 0.05) is 22.8 Å². The number of nitrogens with one attached hydrogen (secondary N) is 2.